The highest BCUT2D eigenvalue weighted by Crippen LogP contribution is 2.39. The summed E-state index contributed by atoms with van der Waals surface area (Å²) in [4.78, 5) is 24.1. The Kier molecular flexibility index (Phi) is 3.28. The van der Waals surface area contributed by atoms with Crippen LogP contribution >= 0.6 is 15.9 Å². The average Bonchev–Trinajstić information content (AvgIpc) is 2.42. The summed E-state index contributed by atoms with van der Waals surface area (Å²) in [6.45, 7) is 0. The van der Waals surface area contributed by atoms with Gasteiger partial charge in [0.1, 0.15) is 0 Å². The van der Waals surface area contributed by atoms with Crippen molar-refractivity contribution in [3.8, 4) is 0 Å². The van der Waals surface area contributed by atoms with E-state index in [0.717, 1.165) is 14.2 Å². The summed E-state index contributed by atoms with van der Waals surface area (Å²) in [6, 6.07) is 5.73. The molecule has 1 atom stereocenters. The van der Waals surface area contributed by atoms with Crippen molar-refractivity contribution in [2.75, 3.05) is 14.2 Å². The predicted octanol–water partition coefficient (Wildman–Crippen LogP) is 0.768. The summed E-state index contributed by atoms with van der Waals surface area (Å²) in [7, 11) is -1.72. The fourth-order valence-corrected chi connectivity index (χ4v) is 4.29. The van der Waals surface area contributed by atoms with E-state index in [1.807, 2.05) is 0 Å². The van der Waals surface area contributed by atoms with Crippen LogP contribution in [-0.4, -0.2) is 43.1 Å². The molecule has 19 heavy (non-hydrogen) atoms. The van der Waals surface area contributed by atoms with Crippen LogP contribution < -0.4 is 0 Å². The second-order valence-electron chi connectivity index (χ2n) is 3.91. The number of ether oxygens (including phenoxy) is 1. The number of fused-ring (bicyclic) bond motifs is 1. The second-order valence-corrected chi connectivity index (χ2v) is 7.00. The molecule has 0 aromatic heterocycles. The minimum Gasteiger partial charge on any atom is -0.467 e. The Bertz CT molecular complexity index is 671. The minimum atomic E-state index is -3.95. The maximum absolute atomic E-state index is 12.4. The van der Waals surface area contributed by atoms with Crippen LogP contribution in [0.3, 0.4) is 0 Å². The number of halogens is 1. The third kappa shape index (κ3) is 1.74. The van der Waals surface area contributed by atoms with Crippen molar-refractivity contribution in [3.63, 3.8) is 0 Å². The number of rotatable bonds is 1. The van der Waals surface area contributed by atoms with Crippen LogP contribution in [0.5, 0.6) is 0 Å². The Balaban J connectivity index is 2.80. The lowest BCUT2D eigenvalue weighted by atomic mass is 10.0. The normalized spacial score (nSPS) is 25.7. The number of carbonyl (C=O) groups excluding carboxylic acids is 2. The van der Waals surface area contributed by atoms with E-state index < -0.39 is 26.2 Å². The van der Waals surface area contributed by atoms with E-state index in [1.165, 1.54) is 24.3 Å². The fourth-order valence-electron chi connectivity index (χ4n) is 1.87. The van der Waals surface area contributed by atoms with Crippen LogP contribution in [0.4, 0.5) is 0 Å². The topological polar surface area (TPSA) is 80.8 Å². The molecule has 1 heterocycles. The van der Waals surface area contributed by atoms with Gasteiger partial charge >= 0.3 is 5.97 Å². The van der Waals surface area contributed by atoms with Crippen molar-refractivity contribution in [3.05, 3.63) is 29.8 Å². The lowest BCUT2D eigenvalue weighted by Crippen LogP contribution is -2.59. The molecule has 0 spiro atoms. The molecule has 0 saturated carbocycles. The van der Waals surface area contributed by atoms with Gasteiger partial charge in [0.15, 0.2) is 0 Å². The second kappa shape index (κ2) is 4.39. The number of nitrogens with zero attached hydrogens (tertiary/aromatic N) is 1. The van der Waals surface area contributed by atoms with Gasteiger partial charge in [0, 0.05) is 12.6 Å². The minimum absolute atomic E-state index is 0.0390. The lowest BCUT2D eigenvalue weighted by Gasteiger charge is -2.36. The summed E-state index contributed by atoms with van der Waals surface area (Å²) in [6.07, 6.45) is 0. The molecule has 102 valence electrons. The zero-order valence-corrected chi connectivity index (χ0v) is 12.5. The molecule has 1 aromatic rings. The molecule has 0 amide bonds. The molecule has 2 rings (SSSR count). The zero-order valence-electron chi connectivity index (χ0n) is 10.1. The van der Waals surface area contributed by atoms with E-state index in [1.54, 1.807) is 0 Å². The summed E-state index contributed by atoms with van der Waals surface area (Å²) in [5.41, 5.74) is -0.0390. The molecule has 1 aromatic carbocycles. The number of benzene rings is 1. The Hall–Kier alpha value is -1.25. The quantitative estimate of drug-likeness (QED) is 0.324. The van der Waals surface area contributed by atoms with Crippen LogP contribution in [0.1, 0.15) is 10.4 Å². The largest absolute Gasteiger partial charge is 0.467 e. The first-order valence-electron chi connectivity index (χ1n) is 5.18. The third-order valence-corrected chi connectivity index (χ3v) is 6.32. The highest BCUT2D eigenvalue weighted by molar-refractivity contribution is 9.10. The van der Waals surface area contributed by atoms with Crippen molar-refractivity contribution < 1.29 is 22.7 Å². The molecular weight excluding hydrogens is 338 g/mol. The molecule has 1 aliphatic heterocycles. The molecule has 0 fully saturated rings. The highest BCUT2D eigenvalue weighted by Gasteiger charge is 2.57. The van der Waals surface area contributed by atoms with Crippen molar-refractivity contribution in [2.45, 2.75) is 9.34 Å². The van der Waals surface area contributed by atoms with Gasteiger partial charge in [-0.1, -0.05) is 12.1 Å². The molecule has 0 saturated heterocycles. The van der Waals surface area contributed by atoms with Gasteiger partial charge in [-0.25, -0.2) is 13.2 Å². The molecular formula is C11H10BrNO5S. The summed E-state index contributed by atoms with van der Waals surface area (Å²) < 4.78 is 27.8. The van der Waals surface area contributed by atoms with Gasteiger partial charge in [0.2, 0.25) is 15.8 Å². The van der Waals surface area contributed by atoms with Crippen molar-refractivity contribution in [2.24, 2.45) is 0 Å². The standard InChI is InChI=1S/C11H10BrNO5S/c1-13-11(12,10(15)18-2)9(14)7-5-3-4-6-8(7)19(13,16)17/h3-6H,1-2H3. The van der Waals surface area contributed by atoms with Crippen LogP contribution in [0, 0.1) is 0 Å². The molecule has 0 aliphatic carbocycles. The molecule has 8 heteroatoms. The number of carbonyl (C=O) groups is 2. The highest BCUT2D eigenvalue weighted by atomic mass is 79.9. The van der Waals surface area contributed by atoms with E-state index in [0.29, 0.717) is 4.31 Å². The number of hydrogen-bond donors (Lipinski definition) is 0. The molecule has 1 unspecified atom stereocenters. The van der Waals surface area contributed by atoms with E-state index in [2.05, 4.69) is 20.7 Å². The first-order chi connectivity index (χ1) is 8.77. The van der Waals surface area contributed by atoms with Gasteiger partial charge in [-0.2, -0.15) is 4.31 Å². The zero-order chi connectivity index (χ0) is 14.4. The number of hydrogen-bond acceptors (Lipinski definition) is 5. The van der Waals surface area contributed by atoms with Crippen molar-refractivity contribution in [1.82, 2.24) is 4.31 Å². The Morgan fingerprint density at radius 2 is 1.95 bits per heavy atom. The molecule has 1 aliphatic rings. The van der Waals surface area contributed by atoms with E-state index in [-0.39, 0.29) is 10.5 Å². The number of ketones is 1. The molecule has 0 N–H and O–H groups in total. The fraction of sp³-hybridized carbons (Fsp3) is 0.273. The number of methoxy groups -OCH3 is 1. The van der Waals surface area contributed by atoms with E-state index in [4.69, 9.17) is 0 Å². The first kappa shape index (κ1) is 14.2. The van der Waals surface area contributed by atoms with Crippen LogP contribution in [-0.2, 0) is 19.6 Å². The predicted molar refractivity (Wildman–Crippen MR) is 69.4 cm³/mol. The Morgan fingerprint density at radius 1 is 1.37 bits per heavy atom. The summed E-state index contributed by atoms with van der Waals surface area (Å²) >= 11 is 2.92. The van der Waals surface area contributed by atoms with Crippen LogP contribution in [0.25, 0.3) is 0 Å². The van der Waals surface area contributed by atoms with Crippen LogP contribution in [0.15, 0.2) is 29.2 Å². The third-order valence-electron chi connectivity index (χ3n) is 2.96. The summed E-state index contributed by atoms with van der Waals surface area (Å²) in [5.74, 6) is -1.66. The Labute approximate surface area is 118 Å². The van der Waals surface area contributed by atoms with Gasteiger partial charge in [-0.3, -0.25) is 4.79 Å². The van der Waals surface area contributed by atoms with E-state index in [9.17, 15) is 18.0 Å². The van der Waals surface area contributed by atoms with Crippen molar-refractivity contribution in [1.29, 1.82) is 0 Å². The molecule has 0 radical (unpaired) electrons. The summed E-state index contributed by atoms with van der Waals surface area (Å²) in [5, 5.41) is 0. The SMILES string of the molecule is COC(=O)C1(Br)C(=O)c2ccccc2S(=O)(=O)N1C. The maximum atomic E-state index is 12.4. The maximum Gasteiger partial charge on any atom is 0.346 e. The number of sulfonamides is 1. The van der Waals surface area contributed by atoms with Gasteiger partial charge in [-0.15, -0.1) is 0 Å². The first-order valence-corrected chi connectivity index (χ1v) is 7.41. The van der Waals surface area contributed by atoms with E-state index >= 15 is 0 Å². The number of esters is 1. The van der Waals surface area contributed by atoms with Crippen molar-refractivity contribution >= 4 is 37.7 Å². The molecule has 0 bridgehead atoms. The van der Waals surface area contributed by atoms with Crippen LogP contribution in [0.2, 0.25) is 0 Å². The number of likely N-dealkylation sites (N-methyl/N-ethyl adjacent to an activating group) is 1. The van der Waals surface area contributed by atoms with Gasteiger partial charge < -0.3 is 4.74 Å². The van der Waals surface area contributed by atoms with Gasteiger partial charge in [0.25, 0.3) is 4.45 Å². The van der Waals surface area contributed by atoms with Gasteiger partial charge in [-0.05, 0) is 28.1 Å². The smallest absolute Gasteiger partial charge is 0.346 e. The molecule has 6 nitrogen and oxygen atoms in total. The average molecular weight is 348 g/mol. The number of alkyl halides is 1. The monoisotopic (exact) mass is 347 g/mol. The lowest BCUT2D eigenvalue weighted by molar-refractivity contribution is -0.144. The Morgan fingerprint density at radius 3 is 2.53 bits per heavy atom. The number of Topliss-reactive ketones (excluding diaryl/α,β-unsaturated/α-hetero) is 1. The van der Waals surface area contributed by atoms with Gasteiger partial charge in [0.05, 0.1) is 12.0 Å².